The molecule has 4 nitrogen and oxygen atoms in total. The average Bonchev–Trinajstić information content (AvgIpc) is 2.96. The fourth-order valence-corrected chi connectivity index (χ4v) is 6.66. The average molecular weight is 631 g/mol. The summed E-state index contributed by atoms with van der Waals surface area (Å²) in [7, 11) is 0. The fraction of sp³-hybridized carbons (Fsp3) is 0.944. The smallest absolute Gasteiger partial charge is 0.156 e. The number of hydrogen-bond acceptors (Lipinski definition) is 4. The molecule has 0 aliphatic rings. The van der Waals surface area contributed by atoms with Crippen LogP contribution in [0.5, 0.6) is 0 Å². The molecule has 0 aliphatic carbocycles. The molecule has 250 valence electrons. The van der Waals surface area contributed by atoms with E-state index in [-0.39, 0.29) is 10.1 Å². The Labute approximate surface area is 272 Å². The van der Waals surface area contributed by atoms with E-state index in [2.05, 4.69) is 27.7 Å². The lowest BCUT2D eigenvalue weighted by atomic mass is 9.91. The van der Waals surface area contributed by atoms with Crippen molar-refractivity contribution in [2.75, 3.05) is 26.4 Å². The van der Waals surface area contributed by atoms with E-state index in [1.54, 1.807) is 0 Å². The molecule has 0 spiro atoms. The molecule has 6 heteroatoms. The van der Waals surface area contributed by atoms with Crippen molar-refractivity contribution >= 4 is 34.5 Å². The summed E-state index contributed by atoms with van der Waals surface area (Å²) >= 11 is 10.00. The lowest BCUT2D eigenvalue weighted by molar-refractivity contribution is 0.0377. The summed E-state index contributed by atoms with van der Waals surface area (Å²) in [4.78, 5) is 0. The summed E-state index contributed by atoms with van der Waals surface area (Å²) in [6.45, 7) is 11.8. The van der Waals surface area contributed by atoms with Crippen molar-refractivity contribution in [2.24, 2.45) is 23.7 Å². The molecule has 0 aliphatic heterocycles. The summed E-state index contributed by atoms with van der Waals surface area (Å²) in [6.07, 6.45) is 26.3. The third kappa shape index (κ3) is 27.3. The Kier molecular flexibility index (Phi) is 30.5. The van der Waals surface area contributed by atoms with Crippen molar-refractivity contribution < 1.29 is 19.7 Å². The van der Waals surface area contributed by atoms with Crippen molar-refractivity contribution in [3.05, 3.63) is 0 Å². The highest BCUT2D eigenvalue weighted by atomic mass is 32.1. The van der Waals surface area contributed by atoms with Crippen LogP contribution in [0.4, 0.5) is 0 Å². The van der Waals surface area contributed by atoms with Gasteiger partial charge in [0.25, 0.3) is 0 Å². The lowest BCUT2D eigenvalue weighted by Crippen LogP contribution is -2.14. The highest BCUT2D eigenvalue weighted by Crippen LogP contribution is 2.24. The Morgan fingerprint density at radius 2 is 0.786 bits per heavy atom. The standard InChI is InChI=1S/C36H70O4S2/c1-5-9-17-31(7-3)19-13-11-15-21-33(29-35(37)41)23-25-39-27-28-40-26-24-34(30-36(38)42)22-16-12-14-20-32(8-4)18-10-6-2/h31-34H,5-30H2,1-4H3,(H,37,41)(H,38,42). The molecule has 0 bridgehead atoms. The molecule has 0 aromatic heterocycles. The van der Waals surface area contributed by atoms with Crippen LogP contribution in [0.3, 0.4) is 0 Å². The molecule has 0 saturated carbocycles. The van der Waals surface area contributed by atoms with E-state index in [9.17, 15) is 10.2 Å². The summed E-state index contributed by atoms with van der Waals surface area (Å²) in [5.74, 6) is 2.58. The zero-order chi connectivity index (χ0) is 31.3. The monoisotopic (exact) mass is 630 g/mol. The second-order valence-corrected chi connectivity index (χ2v) is 13.8. The van der Waals surface area contributed by atoms with E-state index >= 15 is 0 Å². The molecule has 0 heterocycles. The summed E-state index contributed by atoms with van der Waals surface area (Å²) < 4.78 is 11.7. The van der Waals surface area contributed by atoms with Gasteiger partial charge in [0.05, 0.1) is 13.2 Å². The van der Waals surface area contributed by atoms with E-state index in [0.29, 0.717) is 51.1 Å². The molecule has 0 rings (SSSR count). The molecule has 4 unspecified atom stereocenters. The van der Waals surface area contributed by atoms with Crippen LogP contribution in [-0.2, 0) is 9.47 Å². The maximum absolute atomic E-state index is 9.70. The lowest BCUT2D eigenvalue weighted by Gasteiger charge is -2.18. The molecule has 4 atom stereocenters. The van der Waals surface area contributed by atoms with Crippen LogP contribution in [0.2, 0.25) is 0 Å². The second-order valence-electron chi connectivity index (χ2n) is 12.8. The number of unbranched alkanes of at least 4 members (excludes halogenated alkanes) is 6. The first-order chi connectivity index (χ1) is 20.4. The van der Waals surface area contributed by atoms with Gasteiger partial charge >= 0.3 is 0 Å². The van der Waals surface area contributed by atoms with E-state index in [4.69, 9.17) is 33.9 Å². The van der Waals surface area contributed by atoms with Crippen LogP contribution < -0.4 is 0 Å². The normalized spacial score (nSPS) is 14.5. The van der Waals surface area contributed by atoms with E-state index in [0.717, 1.165) is 37.5 Å². The largest absolute Gasteiger partial charge is 0.502 e. The minimum absolute atomic E-state index is 0.128. The number of hydrogen-bond donors (Lipinski definition) is 2. The van der Waals surface area contributed by atoms with E-state index in [1.165, 1.54) is 103 Å². The summed E-state index contributed by atoms with van der Waals surface area (Å²) in [5.41, 5.74) is 0. The van der Waals surface area contributed by atoms with Gasteiger partial charge < -0.3 is 19.7 Å². The van der Waals surface area contributed by atoms with Gasteiger partial charge in [0, 0.05) is 26.1 Å². The second kappa shape index (κ2) is 30.7. The number of aliphatic hydroxyl groups is 2. The van der Waals surface area contributed by atoms with Crippen molar-refractivity contribution in [2.45, 2.75) is 169 Å². The van der Waals surface area contributed by atoms with Crippen molar-refractivity contribution in [3.8, 4) is 0 Å². The molecule has 0 radical (unpaired) electrons. The van der Waals surface area contributed by atoms with E-state index in [1.807, 2.05) is 0 Å². The van der Waals surface area contributed by atoms with Gasteiger partial charge in [-0.3, -0.25) is 0 Å². The number of aliphatic hydroxyl groups excluding tert-OH is 2. The van der Waals surface area contributed by atoms with Crippen molar-refractivity contribution in [1.82, 2.24) is 0 Å². The summed E-state index contributed by atoms with van der Waals surface area (Å²) in [6, 6.07) is 0. The topological polar surface area (TPSA) is 58.9 Å². The predicted octanol–water partition coefficient (Wildman–Crippen LogP) is 11.9. The Hall–Kier alpha value is -0.300. The number of thiocarbonyl (C=S) groups is 2. The molecule has 2 N–H and O–H groups in total. The van der Waals surface area contributed by atoms with Crippen molar-refractivity contribution in [3.63, 3.8) is 0 Å². The van der Waals surface area contributed by atoms with Gasteiger partial charge in [-0.1, -0.05) is 130 Å². The Balaban J connectivity index is 4.05. The van der Waals surface area contributed by atoms with Gasteiger partial charge in [0.15, 0.2) is 10.1 Å². The van der Waals surface area contributed by atoms with Crippen LogP contribution in [-0.4, -0.2) is 46.7 Å². The van der Waals surface area contributed by atoms with Gasteiger partial charge in [-0.2, -0.15) is 0 Å². The SMILES string of the molecule is CCCCC(CC)CCCCCC(CCOCCOCCC(CCCCCC(CC)CCCC)CC(O)=S)CC(O)=S. The number of ether oxygens (including phenoxy) is 2. The van der Waals surface area contributed by atoms with Crippen molar-refractivity contribution in [1.29, 1.82) is 0 Å². The first kappa shape index (κ1) is 41.7. The van der Waals surface area contributed by atoms with Crippen LogP contribution in [0.25, 0.3) is 0 Å². The third-order valence-corrected chi connectivity index (χ3v) is 9.51. The van der Waals surface area contributed by atoms with E-state index < -0.39 is 0 Å². The maximum Gasteiger partial charge on any atom is 0.156 e. The van der Waals surface area contributed by atoms with Crippen LogP contribution in [0.1, 0.15) is 169 Å². The highest BCUT2D eigenvalue weighted by Gasteiger charge is 2.14. The molecule has 0 aromatic carbocycles. The third-order valence-electron chi connectivity index (χ3n) is 9.18. The molecular formula is C36H70O4S2. The first-order valence-electron chi connectivity index (χ1n) is 17.9. The zero-order valence-electron chi connectivity index (χ0n) is 28.2. The zero-order valence-corrected chi connectivity index (χ0v) is 29.9. The van der Waals surface area contributed by atoms with Crippen LogP contribution in [0.15, 0.2) is 0 Å². The van der Waals surface area contributed by atoms with Gasteiger partial charge in [-0.05, 0) is 73.8 Å². The van der Waals surface area contributed by atoms with Crippen LogP contribution >= 0.6 is 24.4 Å². The fourth-order valence-electron chi connectivity index (χ4n) is 6.19. The quantitative estimate of drug-likeness (QED) is 0.0556. The molecule has 0 amide bonds. The van der Waals surface area contributed by atoms with Gasteiger partial charge in [-0.25, -0.2) is 0 Å². The minimum Gasteiger partial charge on any atom is -0.502 e. The molecule has 0 aromatic rings. The molecule has 0 saturated heterocycles. The maximum atomic E-state index is 9.70. The van der Waals surface area contributed by atoms with Crippen LogP contribution in [0, 0.1) is 23.7 Å². The minimum atomic E-state index is 0.128. The Bertz CT molecular complexity index is 563. The molecule has 0 fully saturated rings. The Morgan fingerprint density at radius 1 is 0.452 bits per heavy atom. The number of rotatable bonds is 33. The highest BCUT2D eigenvalue weighted by molar-refractivity contribution is 7.80. The van der Waals surface area contributed by atoms with Gasteiger partial charge in [-0.15, -0.1) is 0 Å². The summed E-state index contributed by atoms with van der Waals surface area (Å²) in [5, 5.41) is 19.7. The molecule has 42 heavy (non-hydrogen) atoms. The first-order valence-corrected chi connectivity index (χ1v) is 18.8. The predicted molar refractivity (Wildman–Crippen MR) is 190 cm³/mol. The van der Waals surface area contributed by atoms with Gasteiger partial charge in [0.2, 0.25) is 0 Å². The Morgan fingerprint density at radius 3 is 1.10 bits per heavy atom. The molecular weight excluding hydrogens is 561 g/mol. The van der Waals surface area contributed by atoms with Gasteiger partial charge in [0.1, 0.15) is 0 Å².